The molecule has 182 valence electrons. The molecule has 0 bridgehead atoms. The number of fused-ring (bicyclic) bond motifs is 1. The van der Waals surface area contributed by atoms with Gasteiger partial charge in [-0.15, -0.1) is 71.5 Å². The van der Waals surface area contributed by atoms with Crippen molar-refractivity contribution in [2.75, 3.05) is 0 Å². The fourth-order valence-corrected chi connectivity index (χ4v) is 4.37. The van der Waals surface area contributed by atoms with Gasteiger partial charge in [-0.2, -0.15) is 11.1 Å². The molecule has 34 heavy (non-hydrogen) atoms. The molecule has 0 nitrogen and oxygen atoms in total. The van der Waals surface area contributed by atoms with Gasteiger partial charge in [0.15, 0.2) is 0 Å². The fourth-order valence-electron chi connectivity index (χ4n) is 4.37. The number of hydrogen-bond acceptors (Lipinski definition) is 0. The van der Waals surface area contributed by atoms with Gasteiger partial charge in [0, 0.05) is 0 Å². The molecule has 1 aliphatic carbocycles. The zero-order valence-corrected chi connectivity index (χ0v) is 26.7. The monoisotopic (exact) mass is 588 g/mol. The molecule has 0 amide bonds. The van der Waals surface area contributed by atoms with Crippen LogP contribution in [0.15, 0.2) is 83.4 Å². The normalized spacial score (nSPS) is 14.1. The first-order chi connectivity index (χ1) is 15.5. The van der Waals surface area contributed by atoms with Crippen LogP contribution < -0.4 is 0 Å². The van der Waals surface area contributed by atoms with Crippen molar-refractivity contribution < 1.29 is 23.3 Å². The Hall–Kier alpha value is -0.790. The molecule has 0 N–H and O–H groups in total. The topological polar surface area (TPSA) is 0 Å². The van der Waals surface area contributed by atoms with E-state index in [0.717, 1.165) is 6.42 Å². The van der Waals surface area contributed by atoms with E-state index >= 15 is 0 Å². The predicted octanol–water partition coefficient (Wildman–Crippen LogP) is 10.1. The van der Waals surface area contributed by atoms with Crippen LogP contribution in [0, 0.1) is 12.0 Å². The van der Waals surface area contributed by atoms with Gasteiger partial charge < -0.3 is 0 Å². The summed E-state index contributed by atoms with van der Waals surface area (Å²) in [5.41, 5.74) is 7.58. The van der Waals surface area contributed by atoms with Gasteiger partial charge in [-0.25, -0.2) is 5.57 Å². The van der Waals surface area contributed by atoms with Gasteiger partial charge in [0.25, 0.3) is 0 Å². The van der Waals surface area contributed by atoms with Crippen LogP contribution in [0.5, 0.6) is 0 Å². The third-order valence-corrected chi connectivity index (χ3v) is 5.78. The molecule has 0 aliphatic heterocycles. The van der Waals surface area contributed by atoms with E-state index in [1.165, 1.54) is 46.7 Å². The predicted molar refractivity (Wildman–Crippen MR) is 155 cm³/mol. The van der Waals surface area contributed by atoms with Crippen molar-refractivity contribution in [1.29, 1.82) is 0 Å². The second-order valence-electron chi connectivity index (χ2n) is 8.35. The van der Waals surface area contributed by atoms with Crippen LogP contribution in [0.1, 0.15) is 53.4 Å². The van der Waals surface area contributed by atoms with E-state index in [1.54, 1.807) is 34.5 Å². The van der Waals surface area contributed by atoms with Gasteiger partial charge in [0.2, 0.25) is 0 Å². The van der Waals surface area contributed by atoms with Crippen LogP contribution in [0.4, 0.5) is 0 Å². The summed E-state index contributed by atoms with van der Waals surface area (Å²) in [6, 6.07) is 23.4. The Balaban J connectivity index is 0.000000533. The third-order valence-electron chi connectivity index (χ3n) is 5.78. The van der Waals surface area contributed by atoms with Crippen molar-refractivity contribution in [2.24, 2.45) is 5.92 Å². The van der Waals surface area contributed by atoms with E-state index in [2.05, 4.69) is 114 Å². The molecule has 0 fully saturated rings. The average molecular weight is 591 g/mol. The van der Waals surface area contributed by atoms with E-state index in [1.807, 2.05) is 0 Å². The van der Waals surface area contributed by atoms with E-state index in [9.17, 15) is 0 Å². The molecule has 0 spiro atoms. The van der Waals surface area contributed by atoms with Gasteiger partial charge in [-0.1, -0.05) is 101 Å². The Labute approximate surface area is 235 Å². The molecule has 1 unspecified atom stereocenters. The second-order valence-corrected chi connectivity index (χ2v) is 17.7. The quantitative estimate of drug-likeness (QED) is 0.205. The Morgan fingerprint density at radius 1 is 0.853 bits per heavy atom. The largest absolute Gasteiger partial charge is 0.150 e. The van der Waals surface area contributed by atoms with Gasteiger partial charge in [-0.05, 0) is 0 Å². The van der Waals surface area contributed by atoms with Crippen molar-refractivity contribution in [3.8, 4) is 11.1 Å². The first-order valence-electron chi connectivity index (χ1n) is 12.0. The summed E-state index contributed by atoms with van der Waals surface area (Å²) in [7, 11) is 0. The first-order valence-corrected chi connectivity index (χ1v) is 18.2. The van der Waals surface area contributed by atoms with E-state index < -0.39 is 0 Å². The zero-order valence-electron chi connectivity index (χ0n) is 21.6. The first kappa shape index (κ1) is 33.2. The molecule has 0 saturated heterocycles. The van der Waals surface area contributed by atoms with Crippen LogP contribution in [-0.2, 0) is 23.3 Å². The summed E-state index contributed by atoms with van der Waals surface area (Å²) in [4.78, 5) is 0. The van der Waals surface area contributed by atoms with E-state index in [-0.39, 0.29) is 30.2 Å². The molecule has 0 radical (unpaired) electrons. The molecule has 4 heteroatoms. The van der Waals surface area contributed by atoms with Gasteiger partial charge in [-0.3, -0.25) is 6.08 Å². The number of rotatable bonds is 5. The van der Waals surface area contributed by atoms with Crippen molar-refractivity contribution >= 4 is 41.0 Å². The minimum absolute atomic E-state index is 0. The zero-order chi connectivity index (χ0) is 23.5. The molecule has 0 saturated carbocycles. The van der Waals surface area contributed by atoms with Crippen molar-refractivity contribution in [2.45, 2.75) is 66.5 Å². The standard InChI is InChI=1S/C15H11.C13H21.C2H6Si.2ClH.Zr/c1-2-6-12(7-3-1)15-11-10-13-8-4-5-9-14(13)15;1-5-10-9-11(6-2)13(8-4)12(10)7-3;1-3-2;;;/h1-11H;10H,5-8H2,1-4H3;1-2H3;2*1H;/q2*-1;;;;+2. The van der Waals surface area contributed by atoms with Crippen molar-refractivity contribution in [3.63, 3.8) is 0 Å². The van der Waals surface area contributed by atoms with Gasteiger partial charge in [0.1, 0.15) is 0 Å². The molecule has 3 aromatic rings. The molecular formula is C30H40Cl2SiZr. The summed E-state index contributed by atoms with van der Waals surface area (Å²) in [5.74, 6) is 0.634. The summed E-state index contributed by atoms with van der Waals surface area (Å²) in [6.07, 6.45) is 8.41. The maximum atomic E-state index is 3.63. The maximum Gasteiger partial charge on any atom is -0.0623 e. The Morgan fingerprint density at radius 2 is 1.44 bits per heavy atom. The molecule has 1 aliphatic rings. The molecule has 0 heterocycles. The minimum Gasteiger partial charge on any atom is -0.150 e. The molecule has 1 atom stereocenters. The van der Waals surface area contributed by atoms with E-state index in [0.29, 0.717) is 5.92 Å². The van der Waals surface area contributed by atoms with Crippen molar-refractivity contribution in [1.82, 2.24) is 0 Å². The summed E-state index contributed by atoms with van der Waals surface area (Å²) < 4.78 is 0. The van der Waals surface area contributed by atoms with Crippen LogP contribution in [0.3, 0.4) is 0 Å². The molecule has 0 aromatic heterocycles. The molecular weight excluding hydrogens is 551 g/mol. The molecule has 3 aromatic carbocycles. The number of halogens is 2. The van der Waals surface area contributed by atoms with E-state index in [4.69, 9.17) is 0 Å². The van der Waals surface area contributed by atoms with Gasteiger partial charge >= 0.3 is 41.9 Å². The van der Waals surface area contributed by atoms with Crippen LogP contribution >= 0.6 is 24.8 Å². The van der Waals surface area contributed by atoms with Gasteiger partial charge in [0.05, 0.1) is 0 Å². The smallest absolute Gasteiger partial charge is 0.0623 e. The van der Waals surface area contributed by atoms with Crippen LogP contribution in [0.25, 0.3) is 21.9 Å². The SMILES string of the molecule is CCC1=[C-]C(CC)C(CC)=C1CC.C[Si](C)=[Zr+2].Cl.Cl.c1ccc(-c2c[cH-]c3ccccc23)cc1. The summed E-state index contributed by atoms with van der Waals surface area (Å²) in [6.45, 7) is 13.7. The Morgan fingerprint density at radius 3 is 1.97 bits per heavy atom. The number of benzene rings is 2. The Kier molecular flexibility index (Phi) is 17.2. The maximum absolute atomic E-state index is 3.63. The summed E-state index contributed by atoms with van der Waals surface area (Å²) in [5, 5.41) is 2.65. The summed E-state index contributed by atoms with van der Waals surface area (Å²) >= 11 is 1.74. The number of hydrogen-bond donors (Lipinski definition) is 0. The second kappa shape index (κ2) is 17.6. The minimum atomic E-state index is 0. The third kappa shape index (κ3) is 9.34. The number of allylic oxidation sites excluding steroid dienone is 4. The Bertz CT molecular complexity index is 1060. The van der Waals surface area contributed by atoms with Crippen molar-refractivity contribution in [3.05, 3.63) is 89.5 Å². The fraction of sp³-hybridized carbons (Fsp3) is 0.367. The van der Waals surface area contributed by atoms with Crippen LogP contribution in [-0.4, -0.2) is 5.43 Å². The average Bonchev–Trinajstić information content (AvgIpc) is 3.40. The van der Waals surface area contributed by atoms with Crippen LogP contribution in [0.2, 0.25) is 13.1 Å². The molecule has 4 rings (SSSR count).